The third kappa shape index (κ3) is 1.95. The van der Waals surface area contributed by atoms with Crippen LogP contribution in [0.1, 0.15) is 12.7 Å². The van der Waals surface area contributed by atoms with E-state index in [1.807, 2.05) is 0 Å². The van der Waals surface area contributed by atoms with Crippen molar-refractivity contribution in [2.75, 3.05) is 6.54 Å². The van der Waals surface area contributed by atoms with Gasteiger partial charge in [-0.25, -0.2) is 4.98 Å². The lowest BCUT2D eigenvalue weighted by molar-refractivity contribution is 0.0672. The lowest BCUT2D eigenvalue weighted by Gasteiger charge is -2.19. The van der Waals surface area contributed by atoms with Gasteiger partial charge in [-0.05, 0) is 6.92 Å². The van der Waals surface area contributed by atoms with Crippen LogP contribution in [-0.4, -0.2) is 36.8 Å². The Balaban J connectivity index is 2.37. The Kier molecular flexibility index (Phi) is 2.37. The highest BCUT2D eigenvalue weighted by Gasteiger charge is 2.21. The Morgan fingerprint density at radius 1 is 1.53 bits per heavy atom. The van der Waals surface area contributed by atoms with Gasteiger partial charge in [0, 0.05) is 25.2 Å². The van der Waals surface area contributed by atoms with Crippen LogP contribution in [0.5, 0.6) is 0 Å². The highest BCUT2D eigenvalue weighted by Crippen LogP contribution is 2.10. The maximum Gasteiger partial charge on any atom is 0.163 e. The summed E-state index contributed by atoms with van der Waals surface area (Å²) in [4.78, 5) is 3.97. The third-order valence-corrected chi connectivity index (χ3v) is 2.26. The Hall–Kier alpha value is -1.53. The molecule has 0 saturated carbocycles. The van der Waals surface area contributed by atoms with E-state index in [1.54, 1.807) is 29.9 Å². The summed E-state index contributed by atoms with van der Waals surface area (Å²) in [5, 5.41) is 17.8. The van der Waals surface area contributed by atoms with Crippen molar-refractivity contribution in [1.82, 2.24) is 19.6 Å². The van der Waals surface area contributed by atoms with Crippen LogP contribution >= 0.6 is 0 Å². The number of hydrogen-bond acceptors (Lipinski definition) is 5. The predicted octanol–water partition coefficient (Wildman–Crippen LogP) is -0.624. The van der Waals surface area contributed by atoms with Crippen LogP contribution in [0.15, 0.2) is 18.6 Å². The van der Waals surface area contributed by atoms with Crippen molar-refractivity contribution in [3.63, 3.8) is 0 Å². The topological polar surface area (TPSA) is 89.3 Å². The van der Waals surface area contributed by atoms with E-state index >= 15 is 0 Å². The first-order valence-electron chi connectivity index (χ1n) is 4.68. The van der Waals surface area contributed by atoms with Gasteiger partial charge in [0.1, 0.15) is 12.2 Å². The van der Waals surface area contributed by atoms with Gasteiger partial charge in [0.15, 0.2) is 5.65 Å². The van der Waals surface area contributed by atoms with Crippen molar-refractivity contribution in [2.45, 2.75) is 18.9 Å². The molecule has 80 valence electrons. The molecule has 0 aliphatic carbocycles. The average molecular weight is 207 g/mol. The molecule has 2 aromatic rings. The average Bonchev–Trinajstić information content (AvgIpc) is 2.62. The summed E-state index contributed by atoms with van der Waals surface area (Å²) < 4.78 is 1.74. The zero-order valence-corrected chi connectivity index (χ0v) is 8.46. The Morgan fingerprint density at radius 3 is 3.07 bits per heavy atom. The molecule has 0 aliphatic heterocycles. The van der Waals surface area contributed by atoms with Crippen LogP contribution in [0, 0.1) is 0 Å². The fraction of sp³-hybridized carbons (Fsp3) is 0.444. The molecule has 6 nitrogen and oxygen atoms in total. The van der Waals surface area contributed by atoms with Crippen molar-refractivity contribution in [1.29, 1.82) is 0 Å². The van der Waals surface area contributed by atoms with E-state index in [9.17, 15) is 5.11 Å². The van der Waals surface area contributed by atoms with E-state index in [-0.39, 0.29) is 6.54 Å². The first kappa shape index (κ1) is 10.0. The van der Waals surface area contributed by atoms with Crippen molar-refractivity contribution >= 4 is 5.65 Å². The SMILES string of the molecule is CC(O)(CN)Cc1nnc2ccncn12. The van der Waals surface area contributed by atoms with E-state index in [0.717, 1.165) is 0 Å². The third-order valence-electron chi connectivity index (χ3n) is 2.26. The standard InChI is InChI=1S/C9H13N5O/c1-9(15,5-10)4-8-13-12-7-2-3-11-6-14(7)8/h2-3,6,15H,4-5,10H2,1H3. The van der Waals surface area contributed by atoms with Gasteiger partial charge < -0.3 is 10.8 Å². The summed E-state index contributed by atoms with van der Waals surface area (Å²) >= 11 is 0. The molecule has 0 aliphatic rings. The number of aliphatic hydroxyl groups is 1. The molecule has 2 aromatic heterocycles. The van der Waals surface area contributed by atoms with Crippen LogP contribution in [0.2, 0.25) is 0 Å². The van der Waals surface area contributed by atoms with Crippen LogP contribution in [0.3, 0.4) is 0 Å². The molecule has 2 rings (SSSR count). The first-order valence-corrected chi connectivity index (χ1v) is 4.68. The first-order chi connectivity index (χ1) is 7.12. The fourth-order valence-electron chi connectivity index (χ4n) is 1.33. The Labute approximate surface area is 86.8 Å². The summed E-state index contributed by atoms with van der Waals surface area (Å²) in [6, 6.07) is 1.76. The molecule has 1 atom stereocenters. The van der Waals surface area contributed by atoms with Gasteiger partial charge in [-0.15, -0.1) is 10.2 Å². The molecule has 0 spiro atoms. The Bertz CT molecular complexity index is 464. The monoisotopic (exact) mass is 207 g/mol. The minimum Gasteiger partial charge on any atom is -0.388 e. The summed E-state index contributed by atoms with van der Waals surface area (Å²) in [7, 11) is 0. The molecule has 15 heavy (non-hydrogen) atoms. The normalized spacial score (nSPS) is 15.4. The quantitative estimate of drug-likeness (QED) is 0.700. The second-order valence-electron chi connectivity index (χ2n) is 3.80. The number of fused-ring (bicyclic) bond motifs is 1. The van der Waals surface area contributed by atoms with Gasteiger partial charge in [-0.3, -0.25) is 4.40 Å². The molecule has 0 radical (unpaired) electrons. The second kappa shape index (κ2) is 3.56. The van der Waals surface area contributed by atoms with E-state index in [0.29, 0.717) is 17.9 Å². The van der Waals surface area contributed by atoms with Gasteiger partial charge >= 0.3 is 0 Å². The lowest BCUT2D eigenvalue weighted by Crippen LogP contribution is -2.37. The highest BCUT2D eigenvalue weighted by molar-refractivity contribution is 5.35. The molecule has 0 amide bonds. The van der Waals surface area contributed by atoms with Gasteiger partial charge in [0.25, 0.3) is 0 Å². The van der Waals surface area contributed by atoms with Gasteiger partial charge in [0.2, 0.25) is 0 Å². The molecular weight excluding hydrogens is 194 g/mol. The Morgan fingerprint density at radius 2 is 2.33 bits per heavy atom. The van der Waals surface area contributed by atoms with Crippen LogP contribution < -0.4 is 5.73 Å². The second-order valence-corrected chi connectivity index (χ2v) is 3.80. The summed E-state index contributed by atoms with van der Waals surface area (Å²) in [6.07, 6.45) is 3.63. The van der Waals surface area contributed by atoms with Gasteiger partial charge in [-0.1, -0.05) is 0 Å². The minimum absolute atomic E-state index is 0.183. The van der Waals surface area contributed by atoms with Crippen LogP contribution in [-0.2, 0) is 6.42 Å². The van der Waals surface area contributed by atoms with Crippen molar-refractivity contribution in [3.05, 3.63) is 24.4 Å². The smallest absolute Gasteiger partial charge is 0.163 e. The maximum atomic E-state index is 9.83. The van der Waals surface area contributed by atoms with E-state index in [4.69, 9.17) is 5.73 Å². The molecular formula is C9H13N5O. The number of nitrogens with zero attached hydrogens (tertiary/aromatic N) is 4. The minimum atomic E-state index is -0.960. The van der Waals surface area contributed by atoms with Crippen molar-refractivity contribution in [3.8, 4) is 0 Å². The zero-order chi connectivity index (χ0) is 10.9. The molecule has 2 heterocycles. The summed E-state index contributed by atoms with van der Waals surface area (Å²) in [5.41, 5.74) is 5.20. The maximum absolute atomic E-state index is 9.83. The molecule has 0 saturated heterocycles. The molecule has 6 heteroatoms. The zero-order valence-electron chi connectivity index (χ0n) is 8.46. The number of nitrogens with two attached hydrogens (primary N) is 1. The lowest BCUT2D eigenvalue weighted by atomic mass is 10.0. The summed E-state index contributed by atoms with van der Waals surface area (Å²) in [6.45, 7) is 1.85. The number of aromatic nitrogens is 4. The van der Waals surface area contributed by atoms with Gasteiger partial charge in [0.05, 0.1) is 5.60 Å². The molecule has 3 N–H and O–H groups in total. The summed E-state index contributed by atoms with van der Waals surface area (Å²) in [5.74, 6) is 0.661. The fourth-order valence-corrected chi connectivity index (χ4v) is 1.33. The molecule has 0 bridgehead atoms. The molecule has 0 aromatic carbocycles. The number of rotatable bonds is 3. The van der Waals surface area contributed by atoms with E-state index < -0.39 is 5.60 Å². The van der Waals surface area contributed by atoms with Crippen LogP contribution in [0.25, 0.3) is 5.65 Å². The predicted molar refractivity (Wildman–Crippen MR) is 54.2 cm³/mol. The van der Waals surface area contributed by atoms with Crippen molar-refractivity contribution < 1.29 is 5.11 Å². The van der Waals surface area contributed by atoms with Crippen molar-refractivity contribution in [2.24, 2.45) is 5.73 Å². The largest absolute Gasteiger partial charge is 0.388 e. The van der Waals surface area contributed by atoms with E-state index in [1.165, 1.54) is 0 Å². The molecule has 0 fully saturated rings. The highest BCUT2D eigenvalue weighted by atomic mass is 16.3. The molecule has 1 unspecified atom stereocenters. The number of hydrogen-bond donors (Lipinski definition) is 2. The van der Waals surface area contributed by atoms with E-state index in [2.05, 4.69) is 15.2 Å². The van der Waals surface area contributed by atoms with Gasteiger partial charge in [-0.2, -0.15) is 0 Å². The van der Waals surface area contributed by atoms with Crippen LogP contribution in [0.4, 0.5) is 0 Å².